The van der Waals surface area contributed by atoms with E-state index in [1.165, 1.54) is 31.2 Å². The number of likely N-dealkylation sites (tertiary alicyclic amines) is 1. The van der Waals surface area contributed by atoms with Crippen molar-refractivity contribution in [2.75, 3.05) is 6.54 Å². The molecule has 0 unspecified atom stereocenters. The summed E-state index contributed by atoms with van der Waals surface area (Å²) >= 11 is 0. The molecule has 0 aromatic carbocycles. The zero-order chi connectivity index (χ0) is 18.7. The molecule has 142 valence electrons. The first-order valence-electron chi connectivity index (χ1n) is 10.2. The fourth-order valence-electron chi connectivity index (χ4n) is 5.19. The van der Waals surface area contributed by atoms with Crippen LogP contribution in [0.4, 0.5) is 0 Å². The molecule has 26 heavy (non-hydrogen) atoms. The monoisotopic (exact) mass is 356 g/mol. The summed E-state index contributed by atoms with van der Waals surface area (Å²) in [6, 6.07) is 2.64. The fourth-order valence-corrected chi connectivity index (χ4v) is 5.19. The lowest BCUT2D eigenvalue weighted by Crippen LogP contribution is -2.53. The number of carbonyl (C=O) groups excluding carboxylic acids is 1. The quantitative estimate of drug-likeness (QED) is 0.807. The number of hydrogen-bond donors (Lipinski definition) is 0. The second-order valence-corrected chi connectivity index (χ2v) is 8.17. The first-order chi connectivity index (χ1) is 12.5. The van der Waals surface area contributed by atoms with E-state index in [2.05, 4.69) is 29.9 Å². The molecule has 3 rings (SSSR count). The summed E-state index contributed by atoms with van der Waals surface area (Å²) in [5.41, 5.74) is 3.28. The molecule has 2 heterocycles. The first kappa shape index (κ1) is 18.9. The predicted octanol–water partition coefficient (Wildman–Crippen LogP) is 3.77. The summed E-state index contributed by atoms with van der Waals surface area (Å²) in [6.45, 7) is 7.96. The minimum atomic E-state index is 0.317. The molecule has 1 amide bonds. The molecule has 1 saturated heterocycles. The molecule has 5 nitrogen and oxygen atoms in total. The van der Waals surface area contributed by atoms with Crippen LogP contribution in [0, 0.1) is 37.0 Å². The lowest BCUT2D eigenvalue weighted by molar-refractivity contribution is -0.139. The standard InChI is InChI=1S/C21H32N4O/c1-15-7-4-8-18-9-5-13-24(21(15)18)20(26)11-10-19-16(2)23-25(17(19)3)14-6-12-22/h15,18,21H,4-11,13-14H2,1-3H3/t15-,18-,21+/m0/s1. The normalized spacial score (nSPS) is 25.6. The highest BCUT2D eigenvalue weighted by atomic mass is 16.2. The Morgan fingerprint density at radius 1 is 1.27 bits per heavy atom. The Bertz CT molecular complexity index is 685. The van der Waals surface area contributed by atoms with Crippen LogP contribution in [0.2, 0.25) is 0 Å². The molecular weight excluding hydrogens is 324 g/mol. The lowest BCUT2D eigenvalue weighted by atomic mass is 9.73. The van der Waals surface area contributed by atoms with Crippen LogP contribution in [0.3, 0.4) is 0 Å². The van der Waals surface area contributed by atoms with Crippen LogP contribution in [0.25, 0.3) is 0 Å². The molecule has 3 atom stereocenters. The predicted molar refractivity (Wildman–Crippen MR) is 101 cm³/mol. The molecule has 5 heteroatoms. The van der Waals surface area contributed by atoms with Gasteiger partial charge in [0.15, 0.2) is 0 Å². The molecular formula is C21H32N4O. The molecule has 2 fully saturated rings. The molecule has 0 bridgehead atoms. The van der Waals surface area contributed by atoms with Gasteiger partial charge in [-0.2, -0.15) is 10.4 Å². The van der Waals surface area contributed by atoms with Crippen molar-refractivity contribution in [3.8, 4) is 6.07 Å². The minimum absolute atomic E-state index is 0.317. The number of nitrogens with zero attached hydrogens (tertiary/aromatic N) is 4. The number of aromatic nitrogens is 2. The second kappa shape index (κ2) is 8.24. The third kappa shape index (κ3) is 3.79. The Morgan fingerprint density at radius 2 is 2.04 bits per heavy atom. The number of nitriles is 1. The van der Waals surface area contributed by atoms with Crippen molar-refractivity contribution >= 4 is 5.91 Å². The maximum Gasteiger partial charge on any atom is 0.223 e. The van der Waals surface area contributed by atoms with Gasteiger partial charge in [0.25, 0.3) is 0 Å². The average Bonchev–Trinajstić information content (AvgIpc) is 2.91. The van der Waals surface area contributed by atoms with Gasteiger partial charge < -0.3 is 4.90 Å². The molecule has 2 aliphatic rings. The van der Waals surface area contributed by atoms with Gasteiger partial charge in [-0.1, -0.05) is 13.3 Å². The molecule has 0 N–H and O–H groups in total. The van der Waals surface area contributed by atoms with Gasteiger partial charge in [-0.05, 0) is 63.4 Å². The third-order valence-corrected chi connectivity index (χ3v) is 6.51. The molecule has 1 aromatic rings. The van der Waals surface area contributed by atoms with E-state index in [-0.39, 0.29) is 0 Å². The summed E-state index contributed by atoms with van der Waals surface area (Å²) in [5.74, 6) is 1.67. The van der Waals surface area contributed by atoms with Gasteiger partial charge in [0.1, 0.15) is 0 Å². The Labute approximate surface area is 157 Å². The minimum Gasteiger partial charge on any atom is -0.339 e. The maximum atomic E-state index is 13.0. The molecule has 0 radical (unpaired) electrons. The largest absolute Gasteiger partial charge is 0.339 e. The van der Waals surface area contributed by atoms with E-state index in [0.29, 0.717) is 43.2 Å². The molecule has 1 saturated carbocycles. The number of carbonyl (C=O) groups is 1. The smallest absolute Gasteiger partial charge is 0.223 e. The highest BCUT2D eigenvalue weighted by Gasteiger charge is 2.39. The summed E-state index contributed by atoms with van der Waals surface area (Å²) < 4.78 is 1.92. The van der Waals surface area contributed by atoms with Gasteiger partial charge >= 0.3 is 0 Å². The molecule has 1 aliphatic heterocycles. The summed E-state index contributed by atoms with van der Waals surface area (Å²) in [5, 5.41) is 13.3. The van der Waals surface area contributed by atoms with Gasteiger partial charge in [0, 0.05) is 24.7 Å². The number of amides is 1. The van der Waals surface area contributed by atoms with E-state index in [0.717, 1.165) is 30.8 Å². The summed E-state index contributed by atoms with van der Waals surface area (Å²) in [4.78, 5) is 15.2. The molecule has 0 spiro atoms. The van der Waals surface area contributed by atoms with E-state index in [4.69, 9.17) is 5.26 Å². The van der Waals surface area contributed by atoms with Crippen LogP contribution in [-0.4, -0.2) is 33.2 Å². The van der Waals surface area contributed by atoms with Crippen LogP contribution in [0.5, 0.6) is 0 Å². The van der Waals surface area contributed by atoms with Crippen molar-refractivity contribution in [1.82, 2.24) is 14.7 Å². The van der Waals surface area contributed by atoms with E-state index >= 15 is 0 Å². The van der Waals surface area contributed by atoms with Crippen molar-refractivity contribution in [3.05, 3.63) is 17.0 Å². The number of fused-ring (bicyclic) bond motifs is 1. The number of piperidine rings is 1. The Morgan fingerprint density at radius 3 is 2.81 bits per heavy atom. The zero-order valence-corrected chi connectivity index (χ0v) is 16.5. The average molecular weight is 357 g/mol. The number of rotatable bonds is 5. The van der Waals surface area contributed by atoms with Crippen molar-refractivity contribution in [2.45, 2.75) is 84.7 Å². The summed E-state index contributed by atoms with van der Waals surface area (Å²) in [6.07, 6.45) is 8.12. The lowest BCUT2D eigenvalue weighted by Gasteiger charge is -2.47. The molecule has 1 aliphatic carbocycles. The number of aryl methyl sites for hydroxylation is 2. The van der Waals surface area contributed by atoms with Crippen LogP contribution in [-0.2, 0) is 17.8 Å². The van der Waals surface area contributed by atoms with Crippen LogP contribution in [0.1, 0.15) is 68.8 Å². The van der Waals surface area contributed by atoms with E-state index in [1.807, 2.05) is 11.6 Å². The van der Waals surface area contributed by atoms with Crippen molar-refractivity contribution in [3.63, 3.8) is 0 Å². The van der Waals surface area contributed by atoms with Crippen LogP contribution in [0.15, 0.2) is 0 Å². The highest BCUT2D eigenvalue weighted by molar-refractivity contribution is 5.77. The van der Waals surface area contributed by atoms with Crippen molar-refractivity contribution in [2.24, 2.45) is 11.8 Å². The van der Waals surface area contributed by atoms with Crippen LogP contribution >= 0.6 is 0 Å². The van der Waals surface area contributed by atoms with Gasteiger partial charge in [0.2, 0.25) is 5.91 Å². The molecule has 1 aromatic heterocycles. The first-order valence-corrected chi connectivity index (χ1v) is 10.2. The summed E-state index contributed by atoms with van der Waals surface area (Å²) in [7, 11) is 0. The highest BCUT2D eigenvalue weighted by Crippen LogP contribution is 2.39. The van der Waals surface area contributed by atoms with Gasteiger partial charge in [-0.25, -0.2) is 0 Å². The Balaban J connectivity index is 1.65. The fraction of sp³-hybridized carbons (Fsp3) is 0.762. The van der Waals surface area contributed by atoms with E-state index < -0.39 is 0 Å². The van der Waals surface area contributed by atoms with Gasteiger partial charge in [-0.15, -0.1) is 0 Å². The second-order valence-electron chi connectivity index (χ2n) is 8.17. The Hall–Kier alpha value is -1.83. The van der Waals surface area contributed by atoms with Crippen molar-refractivity contribution in [1.29, 1.82) is 5.26 Å². The number of hydrogen-bond acceptors (Lipinski definition) is 3. The van der Waals surface area contributed by atoms with Gasteiger partial charge in [-0.3, -0.25) is 9.48 Å². The van der Waals surface area contributed by atoms with Crippen molar-refractivity contribution < 1.29 is 4.79 Å². The van der Waals surface area contributed by atoms with E-state index in [9.17, 15) is 4.79 Å². The Kier molecular flexibility index (Phi) is 6.01. The maximum absolute atomic E-state index is 13.0. The SMILES string of the molecule is Cc1nn(CCC#N)c(C)c1CCC(=O)N1CCC[C@@H]2CCC[C@H](C)[C@H]21. The topological polar surface area (TPSA) is 61.9 Å². The third-order valence-electron chi connectivity index (χ3n) is 6.51. The zero-order valence-electron chi connectivity index (χ0n) is 16.5. The van der Waals surface area contributed by atoms with Gasteiger partial charge in [0.05, 0.1) is 24.7 Å². The van der Waals surface area contributed by atoms with Crippen LogP contribution < -0.4 is 0 Å². The van der Waals surface area contributed by atoms with E-state index in [1.54, 1.807) is 0 Å².